The van der Waals surface area contributed by atoms with Crippen molar-refractivity contribution in [3.05, 3.63) is 68.9 Å². The van der Waals surface area contributed by atoms with Gasteiger partial charge >= 0.3 is 0 Å². The molecular weight excluding hydrogens is 319 g/mol. The van der Waals surface area contributed by atoms with E-state index in [2.05, 4.69) is 15.9 Å². The topological polar surface area (TPSA) is 20.2 Å². The summed E-state index contributed by atoms with van der Waals surface area (Å²) in [5.41, 5.74) is 1.15. The second-order valence-electron chi connectivity index (χ2n) is 3.99. The summed E-state index contributed by atoms with van der Waals surface area (Å²) in [5.74, 6) is -0.554. The molecule has 0 aromatic heterocycles. The summed E-state index contributed by atoms with van der Waals surface area (Å²) in [4.78, 5) is 0. The maximum atomic E-state index is 13.7. The fourth-order valence-electron chi connectivity index (χ4n) is 1.77. The Hall–Kier alpha value is -0.900. The molecule has 1 nitrogen and oxygen atoms in total. The number of benzene rings is 2. The van der Waals surface area contributed by atoms with Gasteiger partial charge in [-0.15, -0.1) is 0 Å². The molecule has 2 aromatic carbocycles. The highest BCUT2D eigenvalue weighted by molar-refractivity contribution is 9.10. The van der Waals surface area contributed by atoms with Crippen molar-refractivity contribution < 1.29 is 9.50 Å². The van der Waals surface area contributed by atoms with Gasteiger partial charge in [0.1, 0.15) is 5.82 Å². The minimum Gasteiger partial charge on any atom is -0.388 e. The second kappa shape index (κ2) is 5.83. The van der Waals surface area contributed by atoms with Crippen molar-refractivity contribution in [1.29, 1.82) is 0 Å². The fourth-order valence-corrected chi connectivity index (χ4v) is 2.40. The Kier molecular flexibility index (Phi) is 4.38. The van der Waals surface area contributed by atoms with Crippen LogP contribution in [-0.2, 0) is 6.42 Å². The van der Waals surface area contributed by atoms with Gasteiger partial charge in [0.05, 0.1) is 11.1 Å². The number of halogens is 3. The Balaban J connectivity index is 2.22. The minimum absolute atomic E-state index is 0.0285. The SMILES string of the molecule is OC(Cc1cccc(Br)c1)c1cccc(Cl)c1F. The summed E-state index contributed by atoms with van der Waals surface area (Å²) in [6, 6.07) is 12.2. The van der Waals surface area contributed by atoms with Crippen LogP contribution in [0.3, 0.4) is 0 Å². The Labute approximate surface area is 118 Å². The predicted molar refractivity (Wildman–Crippen MR) is 74.2 cm³/mol. The summed E-state index contributed by atoms with van der Waals surface area (Å²) in [5, 5.41) is 10.1. The molecule has 2 rings (SSSR count). The molecule has 0 bridgehead atoms. The number of aliphatic hydroxyl groups excluding tert-OH is 1. The third kappa shape index (κ3) is 3.10. The highest BCUT2D eigenvalue weighted by Crippen LogP contribution is 2.26. The molecule has 18 heavy (non-hydrogen) atoms. The molecule has 2 aromatic rings. The van der Waals surface area contributed by atoms with Crippen LogP contribution in [0, 0.1) is 5.82 Å². The van der Waals surface area contributed by atoms with E-state index in [0.29, 0.717) is 6.42 Å². The van der Waals surface area contributed by atoms with Gasteiger partial charge in [0.15, 0.2) is 0 Å². The normalized spacial score (nSPS) is 12.4. The van der Waals surface area contributed by atoms with E-state index in [4.69, 9.17) is 11.6 Å². The van der Waals surface area contributed by atoms with Crippen LogP contribution in [-0.4, -0.2) is 5.11 Å². The van der Waals surface area contributed by atoms with Crippen molar-refractivity contribution in [2.75, 3.05) is 0 Å². The van der Waals surface area contributed by atoms with Gasteiger partial charge < -0.3 is 5.11 Å². The van der Waals surface area contributed by atoms with E-state index in [1.54, 1.807) is 12.1 Å². The van der Waals surface area contributed by atoms with Crippen molar-refractivity contribution in [3.8, 4) is 0 Å². The van der Waals surface area contributed by atoms with Crippen LogP contribution in [0.25, 0.3) is 0 Å². The van der Waals surface area contributed by atoms with Crippen molar-refractivity contribution >= 4 is 27.5 Å². The van der Waals surface area contributed by atoms with Crippen LogP contribution in [0.5, 0.6) is 0 Å². The van der Waals surface area contributed by atoms with Gasteiger partial charge in [-0.2, -0.15) is 0 Å². The molecule has 1 atom stereocenters. The highest BCUT2D eigenvalue weighted by Gasteiger charge is 2.15. The highest BCUT2D eigenvalue weighted by atomic mass is 79.9. The van der Waals surface area contributed by atoms with E-state index in [1.165, 1.54) is 6.07 Å². The summed E-state index contributed by atoms with van der Waals surface area (Å²) >= 11 is 9.05. The maximum Gasteiger partial charge on any atom is 0.147 e. The Morgan fingerprint density at radius 1 is 1.22 bits per heavy atom. The molecule has 0 spiro atoms. The molecule has 0 aliphatic carbocycles. The van der Waals surface area contributed by atoms with Crippen molar-refractivity contribution in [1.82, 2.24) is 0 Å². The van der Waals surface area contributed by atoms with E-state index >= 15 is 0 Å². The third-order valence-electron chi connectivity index (χ3n) is 2.66. The molecule has 1 unspecified atom stereocenters. The fraction of sp³-hybridized carbons (Fsp3) is 0.143. The quantitative estimate of drug-likeness (QED) is 0.878. The predicted octanol–water partition coefficient (Wildman–Crippen LogP) is 4.52. The Morgan fingerprint density at radius 2 is 1.94 bits per heavy atom. The zero-order chi connectivity index (χ0) is 13.1. The number of hydrogen-bond donors (Lipinski definition) is 1. The molecule has 0 aliphatic heterocycles. The summed E-state index contributed by atoms with van der Waals surface area (Å²) < 4.78 is 14.7. The van der Waals surface area contributed by atoms with Crippen LogP contribution < -0.4 is 0 Å². The van der Waals surface area contributed by atoms with Gasteiger partial charge in [-0.05, 0) is 23.8 Å². The van der Waals surface area contributed by atoms with Gasteiger partial charge in [-0.1, -0.05) is 51.8 Å². The van der Waals surface area contributed by atoms with Crippen LogP contribution in [0.4, 0.5) is 4.39 Å². The Bertz CT molecular complexity index is 559. The average Bonchev–Trinajstić information content (AvgIpc) is 2.32. The lowest BCUT2D eigenvalue weighted by Gasteiger charge is -2.13. The lowest BCUT2D eigenvalue weighted by Crippen LogP contribution is -2.04. The van der Waals surface area contributed by atoms with Gasteiger partial charge in [0.25, 0.3) is 0 Å². The molecule has 0 aliphatic rings. The lowest BCUT2D eigenvalue weighted by molar-refractivity contribution is 0.173. The number of aliphatic hydroxyl groups is 1. The molecule has 0 radical (unpaired) electrons. The van der Waals surface area contributed by atoms with Gasteiger partial charge in [-0.3, -0.25) is 0 Å². The van der Waals surface area contributed by atoms with Crippen molar-refractivity contribution in [2.45, 2.75) is 12.5 Å². The van der Waals surface area contributed by atoms with Gasteiger partial charge in [0, 0.05) is 16.5 Å². The first kappa shape index (κ1) is 13.5. The van der Waals surface area contributed by atoms with Crippen molar-refractivity contribution in [3.63, 3.8) is 0 Å². The standard InChI is InChI=1S/C14H11BrClFO/c15-10-4-1-3-9(7-10)8-13(18)11-5-2-6-12(16)14(11)17/h1-7,13,18H,8H2. The molecule has 0 saturated carbocycles. The van der Waals surface area contributed by atoms with Crippen LogP contribution in [0.15, 0.2) is 46.9 Å². The molecule has 1 N–H and O–H groups in total. The molecule has 0 fully saturated rings. The molecule has 94 valence electrons. The largest absolute Gasteiger partial charge is 0.388 e. The molecule has 0 saturated heterocycles. The summed E-state index contributed by atoms with van der Waals surface area (Å²) in [7, 11) is 0. The summed E-state index contributed by atoms with van der Waals surface area (Å²) in [6.45, 7) is 0. The van der Waals surface area contributed by atoms with Crippen LogP contribution in [0.1, 0.15) is 17.2 Å². The van der Waals surface area contributed by atoms with E-state index in [0.717, 1.165) is 10.0 Å². The first-order chi connectivity index (χ1) is 8.58. The average molecular weight is 330 g/mol. The number of rotatable bonds is 3. The first-order valence-electron chi connectivity index (χ1n) is 5.44. The number of hydrogen-bond acceptors (Lipinski definition) is 1. The molecule has 4 heteroatoms. The molecular formula is C14H11BrClFO. The Morgan fingerprint density at radius 3 is 2.67 bits per heavy atom. The van der Waals surface area contributed by atoms with Gasteiger partial charge in [-0.25, -0.2) is 4.39 Å². The smallest absolute Gasteiger partial charge is 0.147 e. The molecule has 0 amide bonds. The molecule has 0 heterocycles. The van der Waals surface area contributed by atoms with Crippen LogP contribution >= 0.6 is 27.5 Å². The van der Waals surface area contributed by atoms with E-state index in [9.17, 15) is 9.50 Å². The zero-order valence-electron chi connectivity index (χ0n) is 9.41. The second-order valence-corrected chi connectivity index (χ2v) is 5.32. The monoisotopic (exact) mass is 328 g/mol. The van der Waals surface area contributed by atoms with E-state index in [1.807, 2.05) is 24.3 Å². The van der Waals surface area contributed by atoms with E-state index < -0.39 is 11.9 Å². The van der Waals surface area contributed by atoms with E-state index in [-0.39, 0.29) is 10.6 Å². The third-order valence-corrected chi connectivity index (χ3v) is 3.44. The van der Waals surface area contributed by atoms with Crippen molar-refractivity contribution in [2.24, 2.45) is 0 Å². The van der Waals surface area contributed by atoms with Crippen LogP contribution in [0.2, 0.25) is 5.02 Å². The lowest BCUT2D eigenvalue weighted by atomic mass is 10.0. The maximum absolute atomic E-state index is 13.7. The zero-order valence-corrected chi connectivity index (χ0v) is 11.7. The summed E-state index contributed by atoms with van der Waals surface area (Å²) in [6.07, 6.45) is -0.561. The first-order valence-corrected chi connectivity index (χ1v) is 6.61. The minimum atomic E-state index is -0.905. The van der Waals surface area contributed by atoms with Gasteiger partial charge in [0.2, 0.25) is 0 Å².